The van der Waals surface area contributed by atoms with Crippen LogP contribution in [-0.4, -0.2) is 34.7 Å². The van der Waals surface area contributed by atoms with Gasteiger partial charge in [0.2, 0.25) is 5.91 Å². The highest BCUT2D eigenvalue weighted by Crippen LogP contribution is 2.25. The first-order valence-electron chi connectivity index (χ1n) is 5.00. The summed E-state index contributed by atoms with van der Waals surface area (Å²) in [6.07, 6.45) is -0.910. The molecule has 1 aliphatic rings. The molecule has 1 unspecified atom stereocenters. The fourth-order valence-corrected chi connectivity index (χ4v) is 1.77. The molecule has 5 nitrogen and oxygen atoms in total. The number of hydrogen-bond donors (Lipinski definition) is 2. The molecule has 6 heteroatoms. The fourth-order valence-electron chi connectivity index (χ4n) is 1.77. The molecule has 1 aromatic rings. The number of nitrogens with zero attached hydrogens (tertiary/aromatic N) is 1. The second-order valence-corrected chi connectivity index (χ2v) is 3.83. The standard InChI is InChI=1S/C11H10FNO4/c12-8-2-1-6(11(16)17)3-9(8)13-5-7(14)4-10(13)15/h1-3,7,14H,4-5H2,(H,16,17). The van der Waals surface area contributed by atoms with Crippen molar-refractivity contribution in [2.75, 3.05) is 11.4 Å². The van der Waals surface area contributed by atoms with Gasteiger partial charge in [-0.25, -0.2) is 9.18 Å². The Morgan fingerprint density at radius 1 is 1.47 bits per heavy atom. The van der Waals surface area contributed by atoms with Crippen LogP contribution < -0.4 is 4.90 Å². The molecule has 0 aliphatic carbocycles. The third-order valence-electron chi connectivity index (χ3n) is 2.59. The number of rotatable bonds is 2. The molecule has 2 rings (SSSR count). The average Bonchev–Trinajstić information content (AvgIpc) is 2.58. The Kier molecular flexibility index (Phi) is 2.81. The Morgan fingerprint density at radius 2 is 2.18 bits per heavy atom. The molecule has 1 aromatic carbocycles. The van der Waals surface area contributed by atoms with E-state index in [2.05, 4.69) is 0 Å². The lowest BCUT2D eigenvalue weighted by Crippen LogP contribution is -2.26. The number of carboxylic acids is 1. The van der Waals surface area contributed by atoms with Crippen LogP contribution in [0.25, 0.3) is 0 Å². The van der Waals surface area contributed by atoms with Gasteiger partial charge in [0, 0.05) is 0 Å². The zero-order chi connectivity index (χ0) is 12.6. The molecule has 1 fully saturated rings. The van der Waals surface area contributed by atoms with Crippen molar-refractivity contribution in [1.29, 1.82) is 0 Å². The lowest BCUT2D eigenvalue weighted by molar-refractivity contribution is -0.117. The van der Waals surface area contributed by atoms with Gasteiger partial charge < -0.3 is 15.1 Å². The van der Waals surface area contributed by atoms with Crippen molar-refractivity contribution in [2.45, 2.75) is 12.5 Å². The average molecular weight is 239 g/mol. The van der Waals surface area contributed by atoms with E-state index >= 15 is 0 Å². The summed E-state index contributed by atoms with van der Waals surface area (Å²) in [6, 6.07) is 3.21. The van der Waals surface area contributed by atoms with Crippen LogP contribution in [0.4, 0.5) is 10.1 Å². The molecule has 0 radical (unpaired) electrons. The minimum absolute atomic E-state index is 0.0151. The number of carboxylic acid groups (broad SMARTS) is 1. The molecule has 1 amide bonds. The highest BCUT2D eigenvalue weighted by molar-refractivity contribution is 5.97. The number of aliphatic hydroxyl groups excluding tert-OH is 1. The largest absolute Gasteiger partial charge is 0.478 e. The van der Waals surface area contributed by atoms with E-state index in [0.717, 1.165) is 23.1 Å². The Hall–Kier alpha value is -1.95. The molecule has 17 heavy (non-hydrogen) atoms. The Morgan fingerprint density at radius 3 is 2.71 bits per heavy atom. The summed E-state index contributed by atoms with van der Waals surface area (Å²) in [4.78, 5) is 23.3. The Labute approximate surface area is 96.1 Å². The highest BCUT2D eigenvalue weighted by atomic mass is 19.1. The number of hydrogen-bond acceptors (Lipinski definition) is 3. The second-order valence-electron chi connectivity index (χ2n) is 3.83. The van der Waals surface area contributed by atoms with E-state index in [1.165, 1.54) is 0 Å². The van der Waals surface area contributed by atoms with Crippen molar-refractivity contribution in [2.24, 2.45) is 0 Å². The van der Waals surface area contributed by atoms with Crippen molar-refractivity contribution in [3.63, 3.8) is 0 Å². The molecule has 90 valence electrons. The SMILES string of the molecule is O=C(O)c1ccc(F)c(N2CC(O)CC2=O)c1. The Bertz CT molecular complexity index is 488. The molecule has 0 bridgehead atoms. The van der Waals surface area contributed by atoms with Gasteiger partial charge >= 0.3 is 5.97 Å². The van der Waals surface area contributed by atoms with Crippen molar-refractivity contribution < 1.29 is 24.2 Å². The number of carbonyl (C=O) groups is 2. The summed E-state index contributed by atoms with van der Waals surface area (Å²) in [5.74, 6) is -2.30. The van der Waals surface area contributed by atoms with Crippen LogP contribution in [0.1, 0.15) is 16.8 Å². The number of benzene rings is 1. The van der Waals surface area contributed by atoms with Crippen molar-refractivity contribution in [3.8, 4) is 0 Å². The number of halogens is 1. The number of aromatic carboxylic acids is 1. The van der Waals surface area contributed by atoms with Gasteiger partial charge in [-0.05, 0) is 18.2 Å². The highest BCUT2D eigenvalue weighted by Gasteiger charge is 2.31. The quantitative estimate of drug-likeness (QED) is 0.793. The van der Waals surface area contributed by atoms with E-state index in [0.29, 0.717) is 0 Å². The molecular formula is C11H10FNO4. The maximum Gasteiger partial charge on any atom is 0.335 e. The molecule has 1 heterocycles. The van der Waals surface area contributed by atoms with E-state index in [4.69, 9.17) is 5.11 Å². The molecule has 1 saturated heterocycles. The predicted molar refractivity (Wildman–Crippen MR) is 56.3 cm³/mol. The molecule has 0 saturated carbocycles. The zero-order valence-corrected chi connectivity index (χ0v) is 8.76. The molecular weight excluding hydrogens is 229 g/mol. The van der Waals surface area contributed by atoms with Gasteiger partial charge in [0.15, 0.2) is 0 Å². The van der Waals surface area contributed by atoms with Gasteiger partial charge in [0.05, 0.1) is 30.3 Å². The van der Waals surface area contributed by atoms with Crippen LogP contribution in [-0.2, 0) is 4.79 Å². The van der Waals surface area contributed by atoms with Gasteiger partial charge in [0.1, 0.15) is 5.82 Å². The normalized spacial score (nSPS) is 19.8. The Balaban J connectivity index is 2.41. The van der Waals surface area contributed by atoms with Crippen molar-refractivity contribution in [1.82, 2.24) is 0 Å². The van der Waals surface area contributed by atoms with Gasteiger partial charge in [-0.2, -0.15) is 0 Å². The molecule has 0 aromatic heterocycles. The lowest BCUT2D eigenvalue weighted by atomic mass is 10.2. The summed E-state index contributed by atoms with van der Waals surface area (Å²) >= 11 is 0. The monoisotopic (exact) mass is 239 g/mol. The van der Waals surface area contributed by atoms with Gasteiger partial charge in [-0.1, -0.05) is 0 Å². The van der Waals surface area contributed by atoms with Crippen LogP contribution >= 0.6 is 0 Å². The number of carbonyl (C=O) groups excluding carboxylic acids is 1. The van der Waals surface area contributed by atoms with E-state index in [-0.39, 0.29) is 24.2 Å². The van der Waals surface area contributed by atoms with Crippen LogP contribution in [0.3, 0.4) is 0 Å². The number of amides is 1. The predicted octanol–water partition coefficient (Wildman–Crippen LogP) is 0.621. The smallest absolute Gasteiger partial charge is 0.335 e. The minimum Gasteiger partial charge on any atom is -0.478 e. The van der Waals surface area contributed by atoms with Crippen LogP contribution in [0.15, 0.2) is 18.2 Å². The number of aliphatic hydroxyl groups is 1. The first-order valence-corrected chi connectivity index (χ1v) is 5.00. The maximum absolute atomic E-state index is 13.5. The summed E-state index contributed by atoms with van der Waals surface area (Å²) < 4.78 is 13.5. The van der Waals surface area contributed by atoms with Crippen LogP contribution in [0.2, 0.25) is 0 Å². The zero-order valence-electron chi connectivity index (χ0n) is 8.76. The van der Waals surface area contributed by atoms with E-state index < -0.39 is 23.8 Å². The van der Waals surface area contributed by atoms with Gasteiger partial charge in [0.25, 0.3) is 0 Å². The van der Waals surface area contributed by atoms with E-state index in [1.807, 2.05) is 0 Å². The first kappa shape index (κ1) is 11.5. The van der Waals surface area contributed by atoms with Crippen molar-refractivity contribution in [3.05, 3.63) is 29.6 Å². The maximum atomic E-state index is 13.5. The van der Waals surface area contributed by atoms with Crippen LogP contribution in [0.5, 0.6) is 0 Å². The minimum atomic E-state index is -1.20. The van der Waals surface area contributed by atoms with Gasteiger partial charge in [-0.15, -0.1) is 0 Å². The first-order chi connectivity index (χ1) is 7.99. The van der Waals surface area contributed by atoms with E-state index in [1.54, 1.807) is 0 Å². The third kappa shape index (κ3) is 2.12. The second kappa shape index (κ2) is 4.14. The number of anilines is 1. The topological polar surface area (TPSA) is 77.8 Å². The summed E-state index contributed by atoms with van der Waals surface area (Å²) in [5, 5.41) is 18.1. The lowest BCUT2D eigenvalue weighted by Gasteiger charge is -2.17. The van der Waals surface area contributed by atoms with Crippen molar-refractivity contribution >= 4 is 17.6 Å². The molecule has 0 spiro atoms. The van der Waals surface area contributed by atoms with Gasteiger partial charge in [-0.3, -0.25) is 4.79 Å². The number of β-amino-alcohol motifs (C(OH)–C–C–N with tert-alkyl or cyclic N) is 1. The summed E-state index contributed by atoms with van der Waals surface area (Å²) in [6.45, 7) is -0.0151. The fraction of sp³-hybridized carbons (Fsp3) is 0.273. The molecule has 1 aliphatic heterocycles. The third-order valence-corrected chi connectivity index (χ3v) is 2.59. The van der Waals surface area contributed by atoms with Crippen LogP contribution in [0, 0.1) is 5.82 Å². The van der Waals surface area contributed by atoms with E-state index in [9.17, 15) is 19.1 Å². The molecule has 1 atom stereocenters. The summed E-state index contributed by atoms with van der Waals surface area (Å²) in [7, 11) is 0. The molecule has 2 N–H and O–H groups in total. The summed E-state index contributed by atoms with van der Waals surface area (Å²) in [5.41, 5.74) is -0.206.